The van der Waals surface area contributed by atoms with Gasteiger partial charge in [-0.3, -0.25) is 0 Å². The van der Waals surface area contributed by atoms with Crippen molar-refractivity contribution in [1.82, 2.24) is 4.57 Å². The van der Waals surface area contributed by atoms with Crippen LogP contribution in [0.25, 0.3) is 10.9 Å². The van der Waals surface area contributed by atoms with Crippen LogP contribution in [0.4, 0.5) is 4.39 Å². The molecule has 1 aliphatic rings. The van der Waals surface area contributed by atoms with E-state index in [-0.39, 0.29) is 5.82 Å². The van der Waals surface area contributed by atoms with Crippen LogP contribution in [0, 0.1) is 5.82 Å². The highest BCUT2D eigenvalue weighted by molar-refractivity contribution is 5.92. The van der Waals surface area contributed by atoms with Crippen LogP contribution >= 0.6 is 0 Å². The Balaban J connectivity index is 1.87. The van der Waals surface area contributed by atoms with Crippen molar-refractivity contribution in [3.8, 4) is 0 Å². The summed E-state index contributed by atoms with van der Waals surface area (Å²) in [6, 6.07) is 12.9. The summed E-state index contributed by atoms with van der Waals surface area (Å²) in [4.78, 5) is 0. The molecule has 1 N–H and O–H groups in total. The van der Waals surface area contributed by atoms with E-state index in [1.807, 2.05) is 12.1 Å². The predicted molar refractivity (Wildman–Crippen MR) is 93.5 cm³/mol. The molecule has 0 atom stereocenters. The van der Waals surface area contributed by atoms with Gasteiger partial charge in [0.1, 0.15) is 5.82 Å². The second-order valence-corrected chi connectivity index (χ2v) is 6.37. The lowest BCUT2D eigenvalue weighted by Gasteiger charge is -2.16. The molecule has 0 unspecified atom stereocenters. The van der Waals surface area contributed by atoms with Gasteiger partial charge in [-0.15, -0.1) is 0 Å². The van der Waals surface area contributed by atoms with Gasteiger partial charge in [0, 0.05) is 23.1 Å². The van der Waals surface area contributed by atoms with Gasteiger partial charge in [0.15, 0.2) is 0 Å². The van der Waals surface area contributed by atoms with Crippen molar-refractivity contribution in [3.05, 3.63) is 70.7 Å². The predicted octanol–water partition coefficient (Wildman–Crippen LogP) is 4.52. The standard InChI is InChI=1S/C20H19FN2O/c21-16-5-3-4-15(10-16)13-23-19-7-2-1-6-17(19)18-11-14(12-22-24)8-9-20(18)23/h3-5,8-12,24H,1-2,6-7,13H2. The third-order valence-electron chi connectivity index (χ3n) is 4.84. The number of aromatic nitrogens is 1. The minimum Gasteiger partial charge on any atom is -0.411 e. The Kier molecular flexibility index (Phi) is 3.81. The van der Waals surface area contributed by atoms with E-state index in [9.17, 15) is 4.39 Å². The first kappa shape index (κ1) is 14.9. The molecule has 1 aliphatic carbocycles. The highest BCUT2D eigenvalue weighted by Gasteiger charge is 2.20. The highest BCUT2D eigenvalue weighted by atomic mass is 19.1. The molecule has 2 aromatic carbocycles. The molecular formula is C20H19FN2O. The molecule has 0 spiro atoms. The summed E-state index contributed by atoms with van der Waals surface area (Å²) in [6.07, 6.45) is 5.98. The average Bonchev–Trinajstić information content (AvgIpc) is 2.89. The van der Waals surface area contributed by atoms with Crippen LogP contribution in [0.1, 0.15) is 35.2 Å². The number of hydrogen-bond acceptors (Lipinski definition) is 2. The lowest BCUT2D eigenvalue weighted by atomic mass is 9.95. The largest absolute Gasteiger partial charge is 0.411 e. The van der Waals surface area contributed by atoms with Crippen LogP contribution in [0.5, 0.6) is 0 Å². The number of oxime groups is 1. The summed E-state index contributed by atoms with van der Waals surface area (Å²) >= 11 is 0. The van der Waals surface area contributed by atoms with Gasteiger partial charge in [-0.1, -0.05) is 23.4 Å². The Bertz CT molecular complexity index is 927. The number of aryl methyl sites for hydroxylation is 1. The van der Waals surface area contributed by atoms with Crippen LogP contribution in [0.15, 0.2) is 47.6 Å². The monoisotopic (exact) mass is 322 g/mol. The molecule has 122 valence electrons. The summed E-state index contributed by atoms with van der Waals surface area (Å²) in [5.74, 6) is -0.195. The Hall–Kier alpha value is -2.62. The number of rotatable bonds is 3. The van der Waals surface area contributed by atoms with Crippen molar-refractivity contribution in [2.24, 2.45) is 5.16 Å². The van der Waals surface area contributed by atoms with E-state index >= 15 is 0 Å². The first-order valence-corrected chi connectivity index (χ1v) is 8.32. The molecule has 0 fully saturated rings. The molecule has 0 bridgehead atoms. The van der Waals surface area contributed by atoms with Crippen molar-refractivity contribution in [3.63, 3.8) is 0 Å². The van der Waals surface area contributed by atoms with Crippen LogP contribution in [-0.4, -0.2) is 16.0 Å². The van der Waals surface area contributed by atoms with Crippen LogP contribution in [0.3, 0.4) is 0 Å². The zero-order valence-corrected chi connectivity index (χ0v) is 13.4. The summed E-state index contributed by atoms with van der Waals surface area (Å²) < 4.78 is 15.9. The van der Waals surface area contributed by atoms with E-state index < -0.39 is 0 Å². The zero-order valence-electron chi connectivity index (χ0n) is 13.4. The fraction of sp³-hybridized carbons (Fsp3) is 0.250. The summed E-state index contributed by atoms with van der Waals surface area (Å²) in [5, 5.41) is 13.1. The maximum absolute atomic E-state index is 13.5. The number of nitrogens with zero attached hydrogens (tertiary/aromatic N) is 2. The minimum absolute atomic E-state index is 0.195. The Morgan fingerprint density at radius 1 is 1.12 bits per heavy atom. The first-order valence-electron chi connectivity index (χ1n) is 8.32. The van der Waals surface area contributed by atoms with Crippen LogP contribution in [-0.2, 0) is 19.4 Å². The fourth-order valence-electron chi connectivity index (χ4n) is 3.80. The maximum Gasteiger partial charge on any atom is 0.123 e. The molecule has 1 aromatic heterocycles. The average molecular weight is 322 g/mol. The molecule has 3 nitrogen and oxygen atoms in total. The van der Waals surface area contributed by atoms with E-state index in [1.165, 1.54) is 47.3 Å². The number of hydrogen-bond donors (Lipinski definition) is 1. The lowest BCUT2D eigenvalue weighted by Crippen LogP contribution is -2.09. The zero-order chi connectivity index (χ0) is 16.5. The van der Waals surface area contributed by atoms with Crippen molar-refractivity contribution in [2.75, 3.05) is 0 Å². The van der Waals surface area contributed by atoms with E-state index in [4.69, 9.17) is 5.21 Å². The van der Waals surface area contributed by atoms with Gasteiger partial charge >= 0.3 is 0 Å². The van der Waals surface area contributed by atoms with Crippen molar-refractivity contribution < 1.29 is 9.60 Å². The van der Waals surface area contributed by atoms with Gasteiger partial charge in [0.2, 0.25) is 0 Å². The third kappa shape index (κ3) is 2.58. The number of fused-ring (bicyclic) bond motifs is 3. The van der Waals surface area contributed by atoms with Crippen LogP contribution in [0.2, 0.25) is 0 Å². The van der Waals surface area contributed by atoms with Gasteiger partial charge in [0.25, 0.3) is 0 Å². The van der Waals surface area contributed by atoms with Gasteiger partial charge in [-0.05, 0) is 66.6 Å². The molecule has 3 aromatic rings. The normalized spacial score (nSPS) is 14.4. The molecular weight excluding hydrogens is 303 g/mol. The summed E-state index contributed by atoms with van der Waals surface area (Å²) in [6.45, 7) is 0.678. The fourth-order valence-corrected chi connectivity index (χ4v) is 3.80. The summed E-state index contributed by atoms with van der Waals surface area (Å²) in [7, 11) is 0. The molecule has 0 radical (unpaired) electrons. The second-order valence-electron chi connectivity index (χ2n) is 6.37. The molecule has 0 saturated heterocycles. The molecule has 0 aliphatic heterocycles. The van der Waals surface area contributed by atoms with E-state index in [0.717, 1.165) is 24.0 Å². The summed E-state index contributed by atoms with van der Waals surface area (Å²) in [5.41, 5.74) is 5.78. The topological polar surface area (TPSA) is 37.5 Å². The molecule has 24 heavy (non-hydrogen) atoms. The van der Waals surface area contributed by atoms with Gasteiger partial charge < -0.3 is 9.77 Å². The third-order valence-corrected chi connectivity index (χ3v) is 4.84. The van der Waals surface area contributed by atoms with E-state index in [0.29, 0.717) is 6.54 Å². The molecule has 4 rings (SSSR count). The highest BCUT2D eigenvalue weighted by Crippen LogP contribution is 2.33. The minimum atomic E-state index is -0.195. The Labute approximate surface area is 140 Å². The SMILES string of the molecule is ON=Cc1ccc2c(c1)c1c(n2Cc2cccc(F)c2)CCCC1. The van der Waals surface area contributed by atoms with Crippen LogP contribution < -0.4 is 0 Å². The maximum atomic E-state index is 13.5. The lowest BCUT2D eigenvalue weighted by molar-refractivity contribution is 0.322. The van der Waals surface area contributed by atoms with Gasteiger partial charge in [-0.2, -0.15) is 0 Å². The van der Waals surface area contributed by atoms with Crippen molar-refractivity contribution >= 4 is 17.1 Å². The van der Waals surface area contributed by atoms with Gasteiger partial charge in [0.05, 0.1) is 6.21 Å². The number of benzene rings is 2. The second kappa shape index (κ2) is 6.11. The van der Waals surface area contributed by atoms with Crippen molar-refractivity contribution in [1.29, 1.82) is 0 Å². The number of halogens is 1. The van der Waals surface area contributed by atoms with Gasteiger partial charge in [-0.25, -0.2) is 4.39 Å². The van der Waals surface area contributed by atoms with E-state index in [1.54, 1.807) is 12.1 Å². The van der Waals surface area contributed by atoms with Crippen molar-refractivity contribution in [2.45, 2.75) is 32.2 Å². The quantitative estimate of drug-likeness (QED) is 0.430. The Morgan fingerprint density at radius 2 is 2.00 bits per heavy atom. The Morgan fingerprint density at radius 3 is 2.83 bits per heavy atom. The molecule has 0 amide bonds. The smallest absolute Gasteiger partial charge is 0.123 e. The first-order chi connectivity index (χ1) is 11.8. The molecule has 0 saturated carbocycles. The molecule has 1 heterocycles. The van der Waals surface area contributed by atoms with E-state index in [2.05, 4.69) is 21.9 Å². The molecule has 4 heteroatoms.